The maximum absolute atomic E-state index is 14.8. The lowest BCUT2D eigenvalue weighted by Gasteiger charge is -2.25. The molecule has 0 bridgehead atoms. The molecule has 0 saturated carbocycles. The van der Waals surface area contributed by atoms with Gasteiger partial charge in [-0.1, -0.05) is 43.8 Å². The highest BCUT2D eigenvalue weighted by molar-refractivity contribution is 7.99. The smallest absolute Gasteiger partial charge is 0.260 e. The minimum absolute atomic E-state index is 0.291. The van der Waals surface area contributed by atoms with Gasteiger partial charge in [-0.3, -0.25) is 4.79 Å². The molecule has 156 valence electrons. The van der Waals surface area contributed by atoms with E-state index in [0.29, 0.717) is 26.7 Å². The van der Waals surface area contributed by atoms with Crippen molar-refractivity contribution in [2.24, 2.45) is 0 Å². The summed E-state index contributed by atoms with van der Waals surface area (Å²) in [6.45, 7) is 6.11. The van der Waals surface area contributed by atoms with Crippen molar-refractivity contribution < 1.29 is 13.9 Å². The van der Waals surface area contributed by atoms with Crippen LogP contribution in [-0.4, -0.2) is 17.9 Å². The summed E-state index contributed by atoms with van der Waals surface area (Å²) in [6.07, 6.45) is 2.55. The van der Waals surface area contributed by atoms with E-state index in [2.05, 4.69) is 26.0 Å². The lowest BCUT2D eigenvalue weighted by molar-refractivity contribution is -0.605. The van der Waals surface area contributed by atoms with Gasteiger partial charge in [-0.05, 0) is 54.3 Å². The zero-order valence-electron chi connectivity index (χ0n) is 17.5. The van der Waals surface area contributed by atoms with Gasteiger partial charge in [-0.15, -0.1) is 0 Å². The first-order valence-corrected chi connectivity index (χ1v) is 10.6. The normalized spacial score (nSPS) is 12.1. The Bertz CT molecular complexity index is 1040. The second-order valence-electron chi connectivity index (χ2n) is 7.56. The number of hydrogen-bond donors (Lipinski definition) is 0. The van der Waals surface area contributed by atoms with Gasteiger partial charge in [0.15, 0.2) is 12.4 Å². The number of benzene rings is 2. The Balaban J connectivity index is 1.74. The van der Waals surface area contributed by atoms with E-state index >= 15 is 0 Å². The van der Waals surface area contributed by atoms with E-state index in [1.165, 1.54) is 46.8 Å². The van der Waals surface area contributed by atoms with Crippen LogP contribution in [0.15, 0.2) is 76.8 Å². The van der Waals surface area contributed by atoms with Crippen LogP contribution < -0.4 is 4.73 Å². The molecule has 3 aromatic rings. The summed E-state index contributed by atoms with van der Waals surface area (Å²) in [5.74, 6) is -0.164. The topological polar surface area (TPSA) is 47.2 Å². The molecular formula is C24H25FN2O2S. The first kappa shape index (κ1) is 21.8. The monoisotopic (exact) mass is 424 g/mol. The summed E-state index contributed by atoms with van der Waals surface area (Å²) in [4.78, 5) is 15.7. The van der Waals surface area contributed by atoms with Crippen LogP contribution in [0.25, 0.3) is 0 Å². The standard InChI is InChI=1S/C24H25FN2O2S/c1-16(2)18-7-10-21(11-8-18)30-23-12-9-19(14-22(23)25)17(3)26(4)24(28)20-6-5-13-27(29)15-20/h5-17H,1-4H3/t17-/m0/s1. The van der Waals surface area contributed by atoms with E-state index in [1.54, 1.807) is 19.2 Å². The molecule has 1 aromatic heterocycles. The second kappa shape index (κ2) is 9.30. The van der Waals surface area contributed by atoms with E-state index < -0.39 is 0 Å². The third-order valence-electron chi connectivity index (χ3n) is 5.14. The molecule has 0 unspecified atom stereocenters. The van der Waals surface area contributed by atoms with Crippen LogP contribution in [0.2, 0.25) is 0 Å². The molecule has 4 nitrogen and oxygen atoms in total. The molecule has 0 N–H and O–H groups in total. The van der Waals surface area contributed by atoms with Gasteiger partial charge < -0.3 is 10.1 Å². The lowest BCUT2D eigenvalue weighted by atomic mass is 10.0. The van der Waals surface area contributed by atoms with E-state index in [1.807, 2.05) is 25.1 Å². The molecule has 0 aliphatic heterocycles. The number of pyridine rings is 1. The highest BCUT2D eigenvalue weighted by Crippen LogP contribution is 2.33. The molecule has 1 heterocycles. The quantitative estimate of drug-likeness (QED) is 0.384. The van der Waals surface area contributed by atoms with Gasteiger partial charge >= 0.3 is 0 Å². The number of hydrogen-bond acceptors (Lipinski definition) is 3. The molecule has 0 aliphatic rings. The Hall–Kier alpha value is -2.86. The Morgan fingerprint density at radius 3 is 2.33 bits per heavy atom. The van der Waals surface area contributed by atoms with Crippen molar-refractivity contribution in [1.82, 2.24) is 4.90 Å². The Morgan fingerprint density at radius 2 is 1.73 bits per heavy atom. The van der Waals surface area contributed by atoms with Gasteiger partial charge in [0.1, 0.15) is 11.4 Å². The van der Waals surface area contributed by atoms with Crippen molar-refractivity contribution in [3.05, 3.63) is 94.7 Å². The SMILES string of the molecule is CC(C)c1ccc(Sc2ccc([C@H](C)N(C)C(=O)c3ccc[n+]([O-])c3)cc2F)cc1. The molecule has 30 heavy (non-hydrogen) atoms. The summed E-state index contributed by atoms with van der Waals surface area (Å²) < 4.78 is 15.4. The second-order valence-corrected chi connectivity index (χ2v) is 8.68. The fraction of sp³-hybridized carbons (Fsp3) is 0.250. The summed E-state index contributed by atoms with van der Waals surface area (Å²) in [6, 6.07) is 16.0. The van der Waals surface area contributed by atoms with Crippen molar-refractivity contribution >= 4 is 17.7 Å². The molecule has 6 heteroatoms. The number of rotatable bonds is 6. The maximum Gasteiger partial charge on any atom is 0.260 e. The third-order valence-corrected chi connectivity index (χ3v) is 6.20. The number of nitrogens with zero attached hydrogens (tertiary/aromatic N) is 2. The Labute approximate surface area is 180 Å². The van der Waals surface area contributed by atoms with Crippen molar-refractivity contribution in [2.75, 3.05) is 7.05 Å². The van der Waals surface area contributed by atoms with Gasteiger partial charge in [-0.2, -0.15) is 4.73 Å². The molecule has 1 amide bonds. The zero-order valence-corrected chi connectivity index (χ0v) is 18.3. The molecule has 0 radical (unpaired) electrons. The van der Waals surface area contributed by atoms with Crippen LogP contribution in [0.1, 0.15) is 54.2 Å². The van der Waals surface area contributed by atoms with Gasteiger partial charge in [0.25, 0.3) is 5.91 Å². The molecule has 3 rings (SSSR count). The predicted molar refractivity (Wildman–Crippen MR) is 117 cm³/mol. The average Bonchev–Trinajstić information content (AvgIpc) is 2.74. The summed E-state index contributed by atoms with van der Waals surface area (Å²) in [5.41, 5.74) is 2.23. The largest absolute Gasteiger partial charge is 0.619 e. The summed E-state index contributed by atoms with van der Waals surface area (Å²) >= 11 is 1.38. The van der Waals surface area contributed by atoms with Gasteiger partial charge in [-0.25, -0.2) is 4.39 Å². The van der Waals surface area contributed by atoms with Gasteiger partial charge in [0.05, 0.1) is 6.04 Å². The van der Waals surface area contributed by atoms with E-state index in [-0.39, 0.29) is 17.8 Å². The molecule has 0 spiro atoms. The maximum atomic E-state index is 14.8. The van der Waals surface area contributed by atoms with Crippen molar-refractivity contribution in [2.45, 2.75) is 42.5 Å². The van der Waals surface area contributed by atoms with E-state index in [4.69, 9.17) is 0 Å². The highest BCUT2D eigenvalue weighted by Gasteiger charge is 2.21. The summed E-state index contributed by atoms with van der Waals surface area (Å²) in [5, 5.41) is 11.4. The first-order valence-electron chi connectivity index (χ1n) is 9.79. The van der Waals surface area contributed by atoms with Crippen LogP contribution in [0.4, 0.5) is 4.39 Å². The predicted octanol–water partition coefficient (Wildman–Crippen LogP) is 5.57. The Morgan fingerprint density at radius 1 is 1.07 bits per heavy atom. The van der Waals surface area contributed by atoms with Crippen molar-refractivity contribution in [3.63, 3.8) is 0 Å². The first-order chi connectivity index (χ1) is 14.3. The van der Waals surface area contributed by atoms with Gasteiger partial charge in [0.2, 0.25) is 0 Å². The number of halogens is 1. The molecule has 0 saturated heterocycles. The minimum atomic E-state index is -0.350. The minimum Gasteiger partial charge on any atom is -0.619 e. The average molecular weight is 425 g/mol. The zero-order chi connectivity index (χ0) is 21.8. The van der Waals surface area contributed by atoms with Crippen LogP contribution in [-0.2, 0) is 0 Å². The van der Waals surface area contributed by atoms with Crippen molar-refractivity contribution in [1.29, 1.82) is 0 Å². The molecule has 0 aliphatic carbocycles. The number of carbonyl (C=O) groups excluding carboxylic acids is 1. The fourth-order valence-electron chi connectivity index (χ4n) is 3.09. The van der Waals surface area contributed by atoms with E-state index in [0.717, 1.165) is 4.90 Å². The van der Waals surface area contributed by atoms with Crippen LogP contribution in [0, 0.1) is 11.0 Å². The molecular weight excluding hydrogens is 399 g/mol. The number of carbonyl (C=O) groups is 1. The van der Waals surface area contributed by atoms with Crippen LogP contribution in [0.3, 0.4) is 0 Å². The third kappa shape index (κ3) is 5.00. The lowest BCUT2D eigenvalue weighted by Crippen LogP contribution is -2.33. The number of aromatic nitrogens is 1. The fourth-order valence-corrected chi connectivity index (χ4v) is 3.91. The van der Waals surface area contributed by atoms with Crippen molar-refractivity contribution in [3.8, 4) is 0 Å². The molecule has 2 aromatic carbocycles. The van der Waals surface area contributed by atoms with Gasteiger partial charge in [0, 0.05) is 22.9 Å². The van der Waals surface area contributed by atoms with Crippen LogP contribution >= 0.6 is 11.8 Å². The summed E-state index contributed by atoms with van der Waals surface area (Å²) in [7, 11) is 1.64. The number of amides is 1. The van der Waals surface area contributed by atoms with E-state index in [9.17, 15) is 14.4 Å². The molecule has 0 fully saturated rings. The molecule has 1 atom stereocenters. The highest BCUT2D eigenvalue weighted by atomic mass is 32.2. The van der Waals surface area contributed by atoms with Crippen LogP contribution in [0.5, 0.6) is 0 Å². The Kier molecular flexibility index (Phi) is 6.77.